The number of aliphatic hydroxyl groups is 4. The normalized spacial score (nSPS) is 20.0. The maximum absolute atomic E-state index is 10.3. The Morgan fingerprint density at radius 2 is 1.62 bits per heavy atom. The second-order valence-electron chi connectivity index (χ2n) is 2.46. The average Bonchev–Trinajstić information content (AvgIpc) is 2.12. The summed E-state index contributed by atoms with van der Waals surface area (Å²) in [6.07, 6.45) is -7.87. The molecule has 0 fully saturated rings. The van der Waals surface area contributed by atoms with Crippen molar-refractivity contribution in [3.05, 3.63) is 0 Å². The molecule has 0 aliphatic rings. The lowest BCUT2D eigenvalue weighted by Gasteiger charge is -2.21. The summed E-state index contributed by atoms with van der Waals surface area (Å²) in [5, 5.41) is 35.3. The van der Waals surface area contributed by atoms with Crippen LogP contribution in [0.3, 0.4) is 0 Å². The standard InChI is InChI=1S/C6H11NO6/c7-6(13)5(12)4(11)3(10)2(9)1-8/h1-5,9-12H,(H2,7,13)/t2-,3-,4-,5-/m0/s1. The van der Waals surface area contributed by atoms with E-state index in [2.05, 4.69) is 5.73 Å². The van der Waals surface area contributed by atoms with Crippen molar-refractivity contribution in [2.45, 2.75) is 24.4 Å². The van der Waals surface area contributed by atoms with Crippen LogP contribution < -0.4 is 5.73 Å². The summed E-state index contributed by atoms with van der Waals surface area (Å²) in [7, 11) is 0. The second kappa shape index (κ2) is 4.87. The van der Waals surface area contributed by atoms with E-state index >= 15 is 0 Å². The van der Waals surface area contributed by atoms with E-state index in [1.165, 1.54) is 0 Å². The van der Waals surface area contributed by atoms with Crippen molar-refractivity contribution in [2.75, 3.05) is 0 Å². The number of carbonyl (C=O) groups excluding carboxylic acids is 2. The van der Waals surface area contributed by atoms with Gasteiger partial charge in [-0.05, 0) is 0 Å². The number of carbonyl (C=O) groups is 2. The molecule has 4 atom stereocenters. The Morgan fingerprint density at radius 3 is 1.92 bits per heavy atom. The summed E-state index contributed by atoms with van der Waals surface area (Å²) in [5.74, 6) is -1.26. The van der Waals surface area contributed by atoms with E-state index < -0.39 is 30.3 Å². The molecule has 0 aliphatic carbocycles. The van der Waals surface area contributed by atoms with Gasteiger partial charge >= 0.3 is 0 Å². The fourth-order valence-corrected chi connectivity index (χ4v) is 0.638. The maximum Gasteiger partial charge on any atom is 0.249 e. The van der Waals surface area contributed by atoms with E-state index in [1.54, 1.807) is 0 Å². The van der Waals surface area contributed by atoms with Crippen LogP contribution >= 0.6 is 0 Å². The molecule has 0 unspecified atom stereocenters. The smallest absolute Gasteiger partial charge is 0.249 e. The van der Waals surface area contributed by atoms with Crippen LogP contribution in [0.25, 0.3) is 0 Å². The third kappa shape index (κ3) is 3.07. The summed E-state index contributed by atoms with van der Waals surface area (Å²) >= 11 is 0. The summed E-state index contributed by atoms with van der Waals surface area (Å²) in [6, 6.07) is 0. The number of rotatable bonds is 5. The van der Waals surface area contributed by atoms with Crippen molar-refractivity contribution in [2.24, 2.45) is 5.73 Å². The summed E-state index contributed by atoms with van der Waals surface area (Å²) in [4.78, 5) is 20.2. The van der Waals surface area contributed by atoms with Gasteiger partial charge in [-0.2, -0.15) is 0 Å². The first-order chi connectivity index (χ1) is 5.91. The molecule has 0 saturated carbocycles. The Bertz CT molecular complexity index is 196. The molecular weight excluding hydrogens is 182 g/mol. The highest BCUT2D eigenvalue weighted by molar-refractivity contribution is 5.79. The zero-order valence-corrected chi connectivity index (χ0v) is 6.57. The zero-order chi connectivity index (χ0) is 10.6. The SMILES string of the molecule is NC(=O)[C@@H](O)[C@@H](O)[C@@H](O)[C@@H](O)C=O. The van der Waals surface area contributed by atoms with Gasteiger partial charge in [0.05, 0.1) is 0 Å². The molecule has 7 nitrogen and oxygen atoms in total. The molecule has 0 heterocycles. The van der Waals surface area contributed by atoms with Gasteiger partial charge in [-0.3, -0.25) is 4.79 Å². The topological polar surface area (TPSA) is 141 Å². The van der Waals surface area contributed by atoms with Gasteiger partial charge < -0.3 is 31.0 Å². The van der Waals surface area contributed by atoms with Crippen LogP contribution in [0, 0.1) is 0 Å². The minimum absolute atomic E-state index is 0.0401. The van der Waals surface area contributed by atoms with Crippen molar-refractivity contribution >= 4 is 12.2 Å². The number of primary amides is 1. The average molecular weight is 193 g/mol. The molecule has 13 heavy (non-hydrogen) atoms. The molecule has 0 saturated heterocycles. The molecule has 6 N–H and O–H groups in total. The van der Waals surface area contributed by atoms with Crippen LogP contribution in [-0.2, 0) is 9.59 Å². The first-order valence-electron chi connectivity index (χ1n) is 3.38. The third-order valence-corrected chi connectivity index (χ3v) is 1.45. The Hall–Kier alpha value is -1.02. The lowest BCUT2D eigenvalue weighted by Crippen LogP contribution is -2.49. The molecule has 0 spiro atoms. The lowest BCUT2D eigenvalue weighted by atomic mass is 10.0. The highest BCUT2D eigenvalue weighted by atomic mass is 16.4. The first-order valence-corrected chi connectivity index (χ1v) is 3.38. The number of hydrogen-bond acceptors (Lipinski definition) is 6. The van der Waals surface area contributed by atoms with Gasteiger partial charge in [-0.1, -0.05) is 0 Å². The van der Waals surface area contributed by atoms with Crippen molar-refractivity contribution in [3.63, 3.8) is 0 Å². The number of hydrogen-bond donors (Lipinski definition) is 5. The van der Waals surface area contributed by atoms with Gasteiger partial charge in [0.2, 0.25) is 5.91 Å². The largest absolute Gasteiger partial charge is 0.387 e. The van der Waals surface area contributed by atoms with Crippen LogP contribution in [0.2, 0.25) is 0 Å². The van der Waals surface area contributed by atoms with E-state index in [4.69, 9.17) is 20.4 Å². The monoisotopic (exact) mass is 193 g/mol. The highest BCUT2D eigenvalue weighted by Crippen LogP contribution is 2.03. The molecule has 0 aromatic heterocycles. The molecule has 7 heteroatoms. The van der Waals surface area contributed by atoms with Gasteiger partial charge in [0, 0.05) is 0 Å². The summed E-state index contributed by atoms with van der Waals surface area (Å²) in [5.41, 5.74) is 4.59. The first kappa shape index (κ1) is 12.0. The van der Waals surface area contributed by atoms with Crippen LogP contribution in [0.5, 0.6) is 0 Å². The number of aliphatic hydroxyl groups excluding tert-OH is 4. The molecule has 0 rings (SSSR count). The Labute approximate surface area is 73.4 Å². The van der Waals surface area contributed by atoms with Crippen molar-refractivity contribution in [3.8, 4) is 0 Å². The van der Waals surface area contributed by atoms with Crippen LogP contribution in [0.4, 0.5) is 0 Å². The summed E-state index contributed by atoms with van der Waals surface area (Å²) in [6.45, 7) is 0. The number of amides is 1. The Morgan fingerprint density at radius 1 is 1.15 bits per heavy atom. The minimum Gasteiger partial charge on any atom is -0.387 e. The minimum atomic E-state index is -2.02. The van der Waals surface area contributed by atoms with Gasteiger partial charge in [0.15, 0.2) is 12.4 Å². The maximum atomic E-state index is 10.3. The van der Waals surface area contributed by atoms with Crippen LogP contribution in [0.1, 0.15) is 0 Å². The van der Waals surface area contributed by atoms with E-state index in [-0.39, 0.29) is 6.29 Å². The third-order valence-electron chi connectivity index (χ3n) is 1.45. The Kier molecular flexibility index (Phi) is 4.49. The zero-order valence-electron chi connectivity index (χ0n) is 6.57. The quantitative estimate of drug-likeness (QED) is 0.283. The lowest BCUT2D eigenvalue weighted by molar-refractivity contribution is -0.147. The van der Waals surface area contributed by atoms with E-state index in [1.807, 2.05) is 0 Å². The van der Waals surface area contributed by atoms with Crippen molar-refractivity contribution < 1.29 is 30.0 Å². The van der Waals surface area contributed by atoms with E-state index in [9.17, 15) is 9.59 Å². The van der Waals surface area contributed by atoms with Crippen LogP contribution in [0.15, 0.2) is 0 Å². The van der Waals surface area contributed by atoms with Crippen molar-refractivity contribution in [1.82, 2.24) is 0 Å². The fraction of sp³-hybridized carbons (Fsp3) is 0.667. The van der Waals surface area contributed by atoms with Gasteiger partial charge in [0.25, 0.3) is 0 Å². The fourth-order valence-electron chi connectivity index (χ4n) is 0.638. The number of nitrogens with two attached hydrogens (primary N) is 1. The predicted octanol–water partition coefficient (Wildman–Crippen LogP) is -3.89. The molecular formula is C6H11NO6. The molecule has 76 valence electrons. The molecule has 1 amide bonds. The van der Waals surface area contributed by atoms with Crippen LogP contribution in [-0.4, -0.2) is 57.0 Å². The molecule has 0 aliphatic heterocycles. The van der Waals surface area contributed by atoms with Crippen molar-refractivity contribution in [1.29, 1.82) is 0 Å². The van der Waals surface area contributed by atoms with Gasteiger partial charge in [-0.25, -0.2) is 0 Å². The summed E-state index contributed by atoms with van der Waals surface area (Å²) < 4.78 is 0. The Balaban J connectivity index is 4.32. The van der Waals surface area contributed by atoms with E-state index in [0.717, 1.165) is 0 Å². The molecule has 0 radical (unpaired) electrons. The molecule has 0 aromatic rings. The van der Waals surface area contributed by atoms with E-state index in [0.29, 0.717) is 0 Å². The number of aldehydes is 1. The second-order valence-corrected chi connectivity index (χ2v) is 2.46. The van der Waals surface area contributed by atoms with Gasteiger partial charge in [0.1, 0.15) is 18.3 Å². The highest BCUT2D eigenvalue weighted by Gasteiger charge is 2.32. The van der Waals surface area contributed by atoms with Gasteiger partial charge in [-0.15, -0.1) is 0 Å². The molecule has 0 bridgehead atoms. The predicted molar refractivity (Wildman–Crippen MR) is 39.3 cm³/mol. The molecule has 0 aromatic carbocycles.